The summed E-state index contributed by atoms with van der Waals surface area (Å²) in [5.74, 6) is 0. The highest BCUT2D eigenvalue weighted by Crippen LogP contribution is 2.34. The van der Waals surface area contributed by atoms with Crippen LogP contribution in [0.15, 0.2) is 17.0 Å². The van der Waals surface area contributed by atoms with Gasteiger partial charge in [-0.3, -0.25) is 5.14 Å². The van der Waals surface area contributed by atoms with E-state index >= 15 is 0 Å². The molecule has 0 amide bonds. The van der Waals surface area contributed by atoms with Crippen LogP contribution in [0.25, 0.3) is 0 Å². The van der Waals surface area contributed by atoms with Crippen molar-refractivity contribution in [1.82, 2.24) is 0 Å². The van der Waals surface area contributed by atoms with E-state index in [-0.39, 0.29) is 0 Å². The van der Waals surface area contributed by atoms with Crippen LogP contribution in [-0.2, 0) is 6.42 Å². The van der Waals surface area contributed by atoms with E-state index in [4.69, 9.17) is 16.7 Å². The van der Waals surface area contributed by atoms with E-state index in [1.807, 2.05) is 12.1 Å². The van der Waals surface area contributed by atoms with Gasteiger partial charge in [-0.2, -0.15) is 0 Å². The molecule has 0 spiro atoms. The minimum Gasteiger partial charge on any atom is -0.382 e. The average molecular weight is 215 g/mol. The zero-order valence-corrected chi connectivity index (χ0v) is 8.88. The van der Waals surface area contributed by atoms with E-state index in [9.17, 15) is 0 Å². The van der Waals surface area contributed by atoms with Gasteiger partial charge in [0.1, 0.15) is 0 Å². The van der Waals surface area contributed by atoms with Crippen LogP contribution < -0.4 is 10.5 Å². The Morgan fingerprint density at radius 1 is 1.62 bits per heavy atom. The lowest BCUT2D eigenvalue weighted by atomic mass is 10.1. The summed E-state index contributed by atoms with van der Waals surface area (Å²) in [7, 11) is 0. The van der Waals surface area contributed by atoms with Crippen molar-refractivity contribution < 1.29 is 0 Å². The van der Waals surface area contributed by atoms with E-state index in [2.05, 4.69) is 12.2 Å². The maximum atomic E-state index is 6.03. The minimum absolute atomic E-state index is 0.504. The molecule has 3 N–H and O–H groups in total. The molecule has 0 saturated heterocycles. The molecule has 13 heavy (non-hydrogen) atoms. The Morgan fingerprint density at radius 2 is 2.38 bits per heavy atom. The molecular weight excluding hydrogens is 204 g/mol. The van der Waals surface area contributed by atoms with Gasteiger partial charge in [0.15, 0.2) is 0 Å². The van der Waals surface area contributed by atoms with Crippen molar-refractivity contribution in [3.63, 3.8) is 0 Å². The first-order valence-corrected chi connectivity index (χ1v) is 5.42. The quantitative estimate of drug-likeness (QED) is 0.706. The first-order chi connectivity index (χ1) is 6.20. The second-order valence-corrected chi connectivity index (χ2v) is 4.39. The largest absolute Gasteiger partial charge is 0.382 e. The standard InChI is InChI=1S/C9H11ClN2S/c1-5-2-6-3-7(10)9(13-11)4-8(6)12-5/h3-5,12H,2,11H2,1H3/t5-/m0/s1. The summed E-state index contributed by atoms with van der Waals surface area (Å²) in [6.45, 7) is 2.16. The molecule has 0 fully saturated rings. The SMILES string of the molecule is C[C@H]1Cc2cc(Cl)c(SN)cc2N1. The van der Waals surface area contributed by atoms with Crippen molar-refractivity contribution in [3.05, 3.63) is 22.7 Å². The Balaban J connectivity index is 2.44. The summed E-state index contributed by atoms with van der Waals surface area (Å²) < 4.78 is 0. The van der Waals surface area contributed by atoms with E-state index in [0.29, 0.717) is 6.04 Å². The van der Waals surface area contributed by atoms with Crippen LogP contribution >= 0.6 is 23.5 Å². The van der Waals surface area contributed by atoms with Crippen molar-refractivity contribution in [1.29, 1.82) is 0 Å². The van der Waals surface area contributed by atoms with Crippen molar-refractivity contribution >= 4 is 29.2 Å². The third-order valence-electron chi connectivity index (χ3n) is 2.21. The summed E-state index contributed by atoms with van der Waals surface area (Å²) in [6, 6.07) is 4.53. The fourth-order valence-electron chi connectivity index (χ4n) is 1.63. The van der Waals surface area contributed by atoms with Gasteiger partial charge < -0.3 is 5.32 Å². The first kappa shape index (κ1) is 9.19. The lowest BCUT2D eigenvalue weighted by Crippen LogP contribution is -2.08. The molecule has 70 valence electrons. The summed E-state index contributed by atoms with van der Waals surface area (Å²) in [4.78, 5) is 0.932. The lowest BCUT2D eigenvalue weighted by Gasteiger charge is -2.05. The molecule has 1 aromatic rings. The van der Waals surface area contributed by atoms with Gasteiger partial charge in [-0.25, -0.2) is 0 Å². The molecule has 1 aromatic carbocycles. The molecule has 0 unspecified atom stereocenters. The first-order valence-electron chi connectivity index (χ1n) is 4.16. The number of fused-ring (bicyclic) bond motifs is 1. The van der Waals surface area contributed by atoms with Gasteiger partial charge in [0.25, 0.3) is 0 Å². The van der Waals surface area contributed by atoms with Crippen molar-refractivity contribution in [3.8, 4) is 0 Å². The van der Waals surface area contributed by atoms with Crippen molar-refractivity contribution in [2.24, 2.45) is 5.14 Å². The van der Waals surface area contributed by atoms with E-state index in [0.717, 1.165) is 16.3 Å². The Morgan fingerprint density at radius 3 is 3.08 bits per heavy atom. The smallest absolute Gasteiger partial charge is 0.0559 e. The minimum atomic E-state index is 0.504. The maximum Gasteiger partial charge on any atom is 0.0559 e. The van der Waals surface area contributed by atoms with Gasteiger partial charge in [0, 0.05) is 16.6 Å². The number of nitrogens with one attached hydrogen (secondary N) is 1. The summed E-state index contributed by atoms with van der Waals surface area (Å²) in [5.41, 5.74) is 2.46. The highest BCUT2D eigenvalue weighted by molar-refractivity contribution is 7.97. The second-order valence-electron chi connectivity index (χ2n) is 3.31. The van der Waals surface area contributed by atoms with E-state index in [1.54, 1.807) is 0 Å². The molecule has 1 atom stereocenters. The lowest BCUT2D eigenvalue weighted by molar-refractivity contribution is 0.839. The zero-order chi connectivity index (χ0) is 9.42. The number of halogens is 1. The number of benzene rings is 1. The van der Waals surface area contributed by atoms with E-state index < -0.39 is 0 Å². The van der Waals surface area contributed by atoms with Gasteiger partial charge >= 0.3 is 0 Å². The van der Waals surface area contributed by atoms with E-state index in [1.165, 1.54) is 23.2 Å². The fourth-order valence-corrected chi connectivity index (χ4v) is 2.31. The van der Waals surface area contributed by atoms with Crippen LogP contribution in [0.5, 0.6) is 0 Å². The number of anilines is 1. The monoisotopic (exact) mass is 214 g/mol. The Hall–Kier alpha value is -0.380. The topological polar surface area (TPSA) is 38.0 Å². The van der Waals surface area contributed by atoms with Gasteiger partial charge in [-0.1, -0.05) is 11.6 Å². The molecule has 2 nitrogen and oxygen atoms in total. The van der Waals surface area contributed by atoms with Crippen LogP contribution in [-0.4, -0.2) is 6.04 Å². The normalized spacial score (nSPS) is 19.8. The third kappa shape index (κ3) is 1.64. The van der Waals surface area contributed by atoms with Crippen LogP contribution in [0.3, 0.4) is 0 Å². The fraction of sp³-hybridized carbons (Fsp3) is 0.333. The molecule has 1 aliphatic rings. The van der Waals surface area contributed by atoms with Crippen molar-refractivity contribution in [2.75, 3.05) is 5.32 Å². The predicted molar refractivity (Wildman–Crippen MR) is 58.3 cm³/mol. The molecule has 0 radical (unpaired) electrons. The zero-order valence-electron chi connectivity index (χ0n) is 7.30. The van der Waals surface area contributed by atoms with Crippen LogP contribution in [0.4, 0.5) is 5.69 Å². The van der Waals surface area contributed by atoms with Crippen LogP contribution in [0.2, 0.25) is 5.02 Å². The summed E-state index contributed by atoms with van der Waals surface area (Å²) >= 11 is 7.22. The Bertz CT molecular complexity index is 341. The third-order valence-corrected chi connectivity index (χ3v) is 3.23. The van der Waals surface area contributed by atoms with Crippen LogP contribution in [0.1, 0.15) is 12.5 Å². The molecule has 2 rings (SSSR count). The molecule has 0 aromatic heterocycles. The molecule has 0 bridgehead atoms. The number of rotatable bonds is 1. The Labute approximate surface area is 87.0 Å². The number of hydrogen-bond acceptors (Lipinski definition) is 3. The van der Waals surface area contributed by atoms with Gasteiger partial charge in [-0.05, 0) is 43.0 Å². The van der Waals surface area contributed by atoms with Gasteiger partial charge in [0.2, 0.25) is 0 Å². The predicted octanol–water partition coefficient (Wildman–Crippen LogP) is 2.66. The maximum absolute atomic E-state index is 6.03. The number of nitrogens with two attached hydrogens (primary N) is 1. The number of hydrogen-bond donors (Lipinski definition) is 2. The highest BCUT2D eigenvalue weighted by atomic mass is 35.5. The molecule has 0 saturated carbocycles. The van der Waals surface area contributed by atoms with Crippen molar-refractivity contribution in [2.45, 2.75) is 24.3 Å². The van der Waals surface area contributed by atoms with Crippen LogP contribution in [0, 0.1) is 0 Å². The second kappa shape index (κ2) is 3.40. The molecule has 0 aliphatic carbocycles. The highest BCUT2D eigenvalue weighted by Gasteiger charge is 2.18. The summed E-state index contributed by atoms with van der Waals surface area (Å²) in [5, 5.41) is 9.61. The molecule has 1 aliphatic heterocycles. The molecule has 1 heterocycles. The molecular formula is C9H11ClN2S. The average Bonchev–Trinajstić information content (AvgIpc) is 2.42. The molecule has 4 heteroatoms. The van der Waals surface area contributed by atoms with Gasteiger partial charge in [0.05, 0.1) is 5.02 Å². The van der Waals surface area contributed by atoms with Gasteiger partial charge in [-0.15, -0.1) is 0 Å². The summed E-state index contributed by atoms with van der Waals surface area (Å²) in [6.07, 6.45) is 1.05. The Kier molecular flexibility index (Phi) is 2.41.